The van der Waals surface area contributed by atoms with Gasteiger partial charge in [0.25, 0.3) is 5.91 Å². The van der Waals surface area contributed by atoms with Gasteiger partial charge in [0.05, 0.1) is 10.6 Å². The fraction of sp³-hybridized carbons (Fsp3) is 0.154. The number of hydrogen-bond donors (Lipinski definition) is 2. The van der Waals surface area contributed by atoms with E-state index < -0.39 is 5.91 Å². The number of nitrogens with one attached hydrogen (secondary N) is 1. The summed E-state index contributed by atoms with van der Waals surface area (Å²) in [5.74, 6) is -0.541. The van der Waals surface area contributed by atoms with Crippen molar-refractivity contribution in [3.8, 4) is 5.75 Å². The number of rotatable bonds is 5. The molecule has 0 spiro atoms. The molecule has 0 aliphatic carbocycles. The molecule has 0 heterocycles. The van der Waals surface area contributed by atoms with Crippen molar-refractivity contribution in [1.82, 2.24) is 5.32 Å². The molecule has 0 atom stereocenters. The van der Waals surface area contributed by atoms with Crippen molar-refractivity contribution < 1.29 is 9.90 Å². The van der Waals surface area contributed by atoms with Crippen molar-refractivity contribution in [3.63, 3.8) is 0 Å². The van der Waals surface area contributed by atoms with Gasteiger partial charge in [-0.05, 0) is 42.9 Å². The lowest BCUT2D eigenvalue weighted by Gasteiger charge is -2.09. The summed E-state index contributed by atoms with van der Waals surface area (Å²) in [6.07, 6.45) is 3.20. The molecule has 100 valence electrons. The van der Waals surface area contributed by atoms with Crippen molar-refractivity contribution in [3.05, 3.63) is 56.9 Å². The third kappa shape index (κ3) is 4.26. The molecular weight excluding hydrogens is 264 g/mol. The van der Waals surface area contributed by atoms with Crippen molar-refractivity contribution in [2.75, 3.05) is 0 Å². The number of nitroso groups, excluding NO2 is 1. The molecular formula is C13H14N2O3S. The first-order valence-electron chi connectivity index (χ1n) is 5.55. The Bertz CT molecular complexity index is 538. The van der Waals surface area contributed by atoms with Gasteiger partial charge < -0.3 is 10.4 Å². The molecule has 1 rings (SSSR count). The van der Waals surface area contributed by atoms with Gasteiger partial charge >= 0.3 is 0 Å². The first kappa shape index (κ1) is 15.0. The van der Waals surface area contributed by atoms with E-state index in [1.54, 1.807) is 38.1 Å². The smallest absolute Gasteiger partial charge is 0.259 e. The second kappa shape index (κ2) is 7.38. The van der Waals surface area contributed by atoms with Crippen LogP contribution in [0.4, 0.5) is 0 Å². The van der Waals surface area contributed by atoms with E-state index in [0.717, 1.165) is 11.8 Å². The van der Waals surface area contributed by atoms with Crippen LogP contribution in [-0.4, -0.2) is 11.0 Å². The zero-order valence-electron chi connectivity index (χ0n) is 10.6. The van der Waals surface area contributed by atoms with Crippen LogP contribution in [0, 0.1) is 4.91 Å². The van der Waals surface area contributed by atoms with Crippen LogP contribution in [0.1, 0.15) is 24.2 Å². The molecule has 0 aliphatic rings. The number of carbonyl (C=O) groups excluding carboxylic acids is 1. The maximum Gasteiger partial charge on any atom is 0.259 e. The molecule has 0 fully saturated rings. The van der Waals surface area contributed by atoms with Crippen LogP contribution in [0.5, 0.6) is 5.75 Å². The number of phenolic OH excluding ortho intramolecular Hbond substituents is 1. The molecule has 6 heteroatoms. The molecule has 0 saturated carbocycles. The van der Waals surface area contributed by atoms with Crippen LogP contribution in [0.25, 0.3) is 0 Å². The van der Waals surface area contributed by atoms with Crippen molar-refractivity contribution in [2.45, 2.75) is 13.8 Å². The highest BCUT2D eigenvalue weighted by atomic mass is 32.2. The normalized spacial score (nSPS) is 12.1. The maximum atomic E-state index is 11.9. The summed E-state index contributed by atoms with van der Waals surface area (Å²) >= 11 is 1.05. The number of aromatic hydroxyl groups is 1. The predicted molar refractivity (Wildman–Crippen MR) is 76.5 cm³/mol. The molecule has 19 heavy (non-hydrogen) atoms. The van der Waals surface area contributed by atoms with Crippen molar-refractivity contribution in [1.29, 1.82) is 0 Å². The fourth-order valence-electron chi connectivity index (χ4n) is 1.24. The quantitative estimate of drug-likeness (QED) is 0.809. The van der Waals surface area contributed by atoms with Crippen LogP contribution in [-0.2, 0) is 0 Å². The topological polar surface area (TPSA) is 78.8 Å². The lowest BCUT2D eigenvalue weighted by atomic mass is 10.2. The third-order valence-corrected chi connectivity index (χ3v) is 3.28. The molecule has 0 unspecified atom stereocenters. The van der Waals surface area contributed by atoms with Crippen LogP contribution in [0.15, 0.2) is 51.7 Å². The number of phenols is 1. The van der Waals surface area contributed by atoms with E-state index in [0.29, 0.717) is 5.03 Å². The highest BCUT2D eigenvalue weighted by Crippen LogP contribution is 2.25. The Labute approximate surface area is 115 Å². The first-order chi connectivity index (χ1) is 9.12. The van der Waals surface area contributed by atoms with Crippen molar-refractivity contribution in [2.24, 2.45) is 5.18 Å². The molecule has 0 radical (unpaired) electrons. The molecule has 1 amide bonds. The van der Waals surface area contributed by atoms with Gasteiger partial charge in [0.2, 0.25) is 0 Å². The average molecular weight is 278 g/mol. The zero-order chi connectivity index (χ0) is 14.3. The van der Waals surface area contributed by atoms with Crippen LogP contribution in [0.2, 0.25) is 0 Å². The Morgan fingerprint density at radius 1 is 1.32 bits per heavy atom. The average Bonchev–Trinajstić information content (AvgIpc) is 2.43. The van der Waals surface area contributed by atoms with E-state index in [-0.39, 0.29) is 16.3 Å². The molecule has 0 bridgehead atoms. The summed E-state index contributed by atoms with van der Waals surface area (Å²) in [7, 11) is 0. The number of thioether (sulfide) groups is 1. The minimum atomic E-state index is -0.444. The van der Waals surface area contributed by atoms with E-state index in [9.17, 15) is 14.8 Å². The van der Waals surface area contributed by atoms with E-state index in [1.165, 1.54) is 12.1 Å². The lowest BCUT2D eigenvalue weighted by Crippen LogP contribution is -2.21. The van der Waals surface area contributed by atoms with E-state index >= 15 is 0 Å². The van der Waals surface area contributed by atoms with Crippen LogP contribution >= 0.6 is 11.8 Å². The Morgan fingerprint density at radius 3 is 2.53 bits per heavy atom. The summed E-state index contributed by atoms with van der Waals surface area (Å²) in [6.45, 7) is 3.41. The summed E-state index contributed by atoms with van der Waals surface area (Å²) in [4.78, 5) is 22.4. The predicted octanol–water partition coefficient (Wildman–Crippen LogP) is 3.34. The summed E-state index contributed by atoms with van der Waals surface area (Å²) in [6, 6.07) is 6.23. The second-order valence-electron chi connectivity index (χ2n) is 3.44. The molecule has 1 aromatic rings. The van der Waals surface area contributed by atoms with Gasteiger partial charge in [-0.25, -0.2) is 0 Å². The summed E-state index contributed by atoms with van der Waals surface area (Å²) < 4.78 is 0. The number of benzene rings is 1. The summed E-state index contributed by atoms with van der Waals surface area (Å²) in [5, 5.41) is 15.7. The number of amides is 1. The molecule has 5 nitrogen and oxygen atoms in total. The largest absolute Gasteiger partial charge is 0.507 e. The van der Waals surface area contributed by atoms with Gasteiger partial charge in [-0.1, -0.05) is 24.3 Å². The number of allylic oxidation sites excluding steroid dienone is 2. The third-order valence-electron chi connectivity index (χ3n) is 2.20. The number of carbonyl (C=O) groups is 1. The van der Waals surface area contributed by atoms with Gasteiger partial charge in [0, 0.05) is 0 Å². The highest BCUT2D eigenvalue weighted by Gasteiger charge is 2.12. The Morgan fingerprint density at radius 2 is 2.00 bits per heavy atom. The number of nitrogens with zero attached hydrogens (tertiary/aromatic N) is 1. The van der Waals surface area contributed by atoms with E-state index in [1.807, 2.05) is 0 Å². The van der Waals surface area contributed by atoms with Gasteiger partial charge in [-0.15, -0.1) is 4.91 Å². The van der Waals surface area contributed by atoms with Gasteiger partial charge in [-0.3, -0.25) is 4.79 Å². The van der Waals surface area contributed by atoms with Crippen LogP contribution < -0.4 is 5.32 Å². The van der Waals surface area contributed by atoms with E-state index in [4.69, 9.17) is 0 Å². The van der Waals surface area contributed by atoms with Gasteiger partial charge in [-0.2, -0.15) is 0 Å². The SMILES string of the molecule is C/C=C(/N=O)S/C(=C\C)NC(=O)c1ccccc1O. The molecule has 2 N–H and O–H groups in total. The zero-order valence-corrected chi connectivity index (χ0v) is 11.4. The molecule has 0 aromatic heterocycles. The number of hydrogen-bond acceptors (Lipinski definition) is 5. The molecule has 1 aromatic carbocycles. The highest BCUT2D eigenvalue weighted by molar-refractivity contribution is 8.06. The minimum absolute atomic E-state index is 0.0970. The monoisotopic (exact) mass is 278 g/mol. The fourth-order valence-corrected chi connectivity index (χ4v) is 1.89. The lowest BCUT2D eigenvalue weighted by molar-refractivity contribution is 0.0966. The molecule has 0 aliphatic heterocycles. The maximum absolute atomic E-state index is 11.9. The molecule has 0 saturated heterocycles. The Balaban J connectivity index is 2.81. The minimum Gasteiger partial charge on any atom is -0.507 e. The first-order valence-corrected chi connectivity index (χ1v) is 6.37. The van der Waals surface area contributed by atoms with Gasteiger partial charge in [0.15, 0.2) is 0 Å². The van der Waals surface area contributed by atoms with E-state index in [2.05, 4.69) is 10.5 Å². The second-order valence-corrected chi connectivity index (χ2v) is 4.51. The van der Waals surface area contributed by atoms with Crippen molar-refractivity contribution >= 4 is 17.7 Å². The summed E-state index contributed by atoms with van der Waals surface area (Å²) in [5.41, 5.74) is 0.170. The Hall–Kier alpha value is -2.08. The van der Waals surface area contributed by atoms with Gasteiger partial charge in [0.1, 0.15) is 10.8 Å². The Kier molecular flexibility index (Phi) is 5.81. The number of para-hydroxylation sites is 1. The van der Waals surface area contributed by atoms with Crippen LogP contribution in [0.3, 0.4) is 0 Å². The standard InChI is InChI=1S/C13H14N2O3S/c1-3-11(19-12(4-2)15-18)14-13(17)9-7-5-6-8-10(9)16/h3-8,16H,1-2H3,(H,14,17)/b11-3-,12-4-.